The number of amides is 2. The van der Waals surface area contributed by atoms with Gasteiger partial charge >= 0.3 is 6.09 Å². The van der Waals surface area contributed by atoms with Crippen molar-refractivity contribution < 1.29 is 14.3 Å². The van der Waals surface area contributed by atoms with Gasteiger partial charge in [-0.3, -0.25) is 4.79 Å². The summed E-state index contributed by atoms with van der Waals surface area (Å²) >= 11 is 1.55. The zero-order valence-electron chi connectivity index (χ0n) is 19.5. The van der Waals surface area contributed by atoms with Crippen LogP contribution in [-0.4, -0.2) is 75.3 Å². The number of ether oxygens (including phenoxy) is 1. The molecule has 2 amide bonds. The van der Waals surface area contributed by atoms with Crippen molar-refractivity contribution in [2.45, 2.75) is 45.2 Å². The number of fused-ring (bicyclic) bond motifs is 1. The number of piperidine rings is 1. The number of nitrogens with one attached hydrogen (secondary N) is 1. The lowest BCUT2D eigenvalue weighted by Gasteiger charge is -2.34. The van der Waals surface area contributed by atoms with E-state index in [0.29, 0.717) is 43.3 Å². The van der Waals surface area contributed by atoms with Crippen LogP contribution in [0.25, 0.3) is 16.2 Å². The molecular formula is C22H29N7O3S. The van der Waals surface area contributed by atoms with Gasteiger partial charge < -0.3 is 19.9 Å². The van der Waals surface area contributed by atoms with E-state index in [1.54, 1.807) is 33.0 Å². The highest BCUT2D eigenvalue weighted by molar-refractivity contribution is 7.16. The Kier molecular flexibility index (Phi) is 6.24. The summed E-state index contributed by atoms with van der Waals surface area (Å²) in [5.74, 6) is 1.01. The van der Waals surface area contributed by atoms with Crippen molar-refractivity contribution >= 4 is 34.0 Å². The van der Waals surface area contributed by atoms with E-state index in [4.69, 9.17) is 4.98 Å². The summed E-state index contributed by atoms with van der Waals surface area (Å²) < 4.78 is 6.46. The van der Waals surface area contributed by atoms with Gasteiger partial charge in [0.1, 0.15) is 16.3 Å². The summed E-state index contributed by atoms with van der Waals surface area (Å²) in [6.07, 6.45) is 4.49. The molecule has 10 nitrogen and oxygen atoms in total. The largest absolute Gasteiger partial charge is 0.453 e. The van der Waals surface area contributed by atoms with Crippen LogP contribution in [0.1, 0.15) is 44.1 Å². The maximum Gasteiger partial charge on any atom is 0.407 e. The van der Waals surface area contributed by atoms with Crippen LogP contribution in [-0.2, 0) is 4.74 Å². The first-order chi connectivity index (χ1) is 15.7. The van der Waals surface area contributed by atoms with Crippen molar-refractivity contribution in [3.05, 3.63) is 29.5 Å². The monoisotopic (exact) mass is 471 g/mol. The number of aromatic nitrogens is 4. The van der Waals surface area contributed by atoms with Crippen LogP contribution in [0.2, 0.25) is 0 Å². The molecule has 0 aromatic carbocycles. The molecule has 0 aliphatic carbocycles. The van der Waals surface area contributed by atoms with E-state index in [1.807, 2.05) is 23.5 Å². The lowest BCUT2D eigenvalue weighted by atomic mass is 10.0. The van der Waals surface area contributed by atoms with Gasteiger partial charge in [-0.25, -0.2) is 19.3 Å². The SMILES string of the molecule is COC(=O)NC1CCN(C(=O)c2cc(N(C)C(C)(C)C)nc(-c3cnn4ccsc34)n2)CC1. The van der Waals surface area contributed by atoms with Gasteiger partial charge in [0.15, 0.2) is 5.82 Å². The van der Waals surface area contributed by atoms with E-state index < -0.39 is 6.09 Å². The molecule has 0 radical (unpaired) electrons. The second-order valence-corrected chi connectivity index (χ2v) is 9.97. The predicted molar refractivity (Wildman–Crippen MR) is 127 cm³/mol. The Morgan fingerprint density at radius 3 is 2.64 bits per heavy atom. The fourth-order valence-electron chi connectivity index (χ4n) is 3.67. The van der Waals surface area contributed by atoms with Crippen molar-refractivity contribution in [1.29, 1.82) is 0 Å². The molecule has 3 aromatic heterocycles. The van der Waals surface area contributed by atoms with E-state index in [-0.39, 0.29) is 17.5 Å². The molecule has 1 fully saturated rings. The molecule has 11 heteroatoms. The Hall–Kier alpha value is -3.21. The fraction of sp³-hybridized carbons (Fsp3) is 0.500. The summed E-state index contributed by atoms with van der Waals surface area (Å²) in [5, 5.41) is 9.14. The third-order valence-electron chi connectivity index (χ3n) is 5.94. The van der Waals surface area contributed by atoms with Crippen LogP contribution in [0.15, 0.2) is 23.8 Å². The second kappa shape index (κ2) is 8.97. The minimum absolute atomic E-state index is 0.00965. The van der Waals surface area contributed by atoms with E-state index in [2.05, 4.69) is 40.9 Å². The molecule has 0 saturated carbocycles. The zero-order valence-corrected chi connectivity index (χ0v) is 20.3. The van der Waals surface area contributed by atoms with Gasteiger partial charge in [0, 0.05) is 49.4 Å². The van der Waals surface area contributed by atoms with Gasteiger partial charge in [0.25, 0.3) is 5.91 Å². The van der Waals surface area contributed by atoms with Crippen molar-refractivity contribution in [1.82, 2.24) is 29.8 Å². The number of alkyl carbamates (subject to hydrolysis) is 1. The Labute approximate surface area is 196 Å². The van der Waals surface area contributed by atoms with Gasteiger partial charge in [-0.2, -0.15) is 5.10 Å². The minimum atomic E-state index is -0.448. The number of carbonyl (C=O) groups is 2. The molecule has 1 aliphatic rings. The van der Waals surface area contributed by atoms with Gasteiger partial charge in [-0.15, -0.1) is 11.3 Å². The third-order valence-corrected chi connectivity index (χ3v) is 6.83. The lowest BCUT2D eigenvalue weighted by molar-refractivity contribution is 0.0698. The smallest absolute Gasteiger partial charge is 0.407 e. The topological polar surface area (TPSA) is 105 Å². The molecule has 0 unspecified atom stereocenters. The minimum Gasteiger partial charge on any atom is -0.453 e. The molecule has 176 valence electrons. The fourth-order valence-corrected chi connectivity index (χ4v) is 4.47. The third kappa shape index (κ3) is 4.77. The normalized spacial score (nSPS) is 15.0. The van der Waals surface area contributed by atoms with Gasteiger partial charge in [0.05, 0.1) is 18.9 Å². The summed E-state index contributed by atoms with van der Waals surface area (Å²) in [7, 11) is 3.31. The predicted octanol–water partition coefficient (Wildman–Crippen LogP) is 3.05. The number of thiazole rings is 1. The highest BCUT2D eigenvalue weighted by Crippen LogP contribution is 2.29. The molecule has 0 atom stereocenters. The standard InChI is InChI=1S/C22H29N7O3S/c1-22(2,3)27(4)17-12-16(19(30)28-8-6-14(7-9-28)24-21(31)32-5)25-18(26-17)15-13-23-29-10-11-33-20(15)29/h10-14H,6-9H2,1-5H3,(H,24,31). The molecule has 1 saturated heterocycles. The van der Waals surface area contributed by atoms with Crippen LogP contribution in [0, 0.1) is 0 Å². The van der Waals surface area contributed by atoms with Crippen LogP contribution in [0.5, 0.6) is 0 Å². The molecule has 4 rings (SSSR count). The molecule has 0 bridgehead atoms. The molecule has 3 aromatic rings. The average molecular weight is 472 g/mol. The molecule has 1 N–H and O–H groups in total. The maximum atomic E-state index is 13.4. The molecule has 1 aliphatic heterocycles. The van der Waals surface area contributed by atoms with Crippen LogP contribution >= 0.6 is 11.3 Å². The number of nitrogens with zero attached hydrogens (tertiary/aromatic N) is 6. The summed E-state index contributed by atoms with van der Waals surface area (Å²) in [5.41, 5.74) is 0.951. The Morgan fingerprint density at radius 1 is 1.24 bits per heavy atom. The number of carbonyl (C=O) groups excluding carboxylic acids is 2. The van der Waals surface area contributed by atoms with Crippen molar-refractivity contribution in [2.75, 3.05) is 32.1 Å². The highest BCUT2D eigenvalue weighted by atomic mass is 32.1. The number of hydrogen-bond donors (Lipinski definition) is 1. The van der Waals surface area contributed by atoms with Crippen LogP contribution in [0.3, 0.4) is 0 Å². The lowest BCUT2D eigenvalue weighted by Crippen LogP contribution is -2.46. The van der Waals surface area contributed by atoms with Gasteiger partial charge in [-0.1, -0.05) is 0 Å². The molecule has 0 spiro atoms. The van der Waals surface area contributed by atoms with E-state index in [1.165, 1.54) is 7.11 Å². The number of hydrogen-bond acceptors (Lipinski definition) is 8. The van der Waals surface area contributed by atoms with Crippen molar-refractivity contribution in [3.8, 4) is 11.4 Å². The quantitative estimate of drug-likeness (QED) is 0.623. The zero-order chi connectivity index (χ0) is 23.8. The Morgan fingerprint density at radius 2 is 1.97 bits per heavy atom. The van der Waals surface area contributed by atoms with E-state index >= 15 is 0 Å². The highest BCUT2D eigenvalue weighted by Gasteiger charge is 2.28. The van der Waals surface area contributed by atoms with Gasteiger partial charge in [-0.05, 0) is 33.6 Å². The second-order valence-electron chi connectivity index (χ2n) is 9.08. The van der Waals surface area contributed by atoms with Crippen LogP contribution in [0.4, 0.5) is 10.6 Å². The van der Waals surface area contributed by atoms with Crippen LogP contribution < -0.4 is 10.2 Å². The summed E-state index contributed by atoms with van der Waals surface area (Å²) in [4.78, 5) is 39.1. The first-order valence-corrected chi connectivity index (χ1v) is 11.7. The average Bonchev–Trinajstić information content (AvgIpc) is 3.41. The Balaban J connectivity index is 1.64. The summed E-state index contributed by atoms with van der Waals surface area (Å²) in [6.45, 7) is 7.33. The Bertz CT molecular complexity index is 1160. The first kappa shape index (κ1) is 23.0. The van der Waals surface area contributed by atoms with Gasteiger partial charge in [0.2, 0.25) is 0 Å². The molecular weight excluding hydrogens is 442 g/mol. The number of methoxy groups -OCH3 is 1. The number of anilines is 1. The summed E-state index contributed by atoms with van der Waals surface area (Å²) in [6, 6.07) is 1.75. The first-order valence-electron chi connectivity index (χ1n) is 10.8. The van der Waals surface area contributed by atoms with E-state index in [0.717, 1.165) is 10.4 Å². The van der Waals surface area contributed by atoms with Crippen molar-refractivity contribution in [3.63, 3.8) is 0 Å². The van der Waals surface area contributed by atoms with E-state index in [9.17, 15) is 9.59 Å². The maximum absolute atomic E-state index is 13.4. The number of likely N-dealkylation sites (tertiary alicyclic amines) is 1. The number of rotatable bonds is 4. The molecule has 4 heterocycles. The van der Waals surface area contributed by atoms with Crippen molar-refractivity contribution in [2.24, 2.45) is 0 Å². The molecule has 33 heavy (non-hydrogen) atoms.